The smallest absolute Gasteiger partial charge is 0.368 e. The molecule has 7 nitrogen and oxygen atoms in total. The number of aromatic nitrogens is 4. The van der Waals surface area contributed by atoms with Crippen LogP contribution in [0.5, 0.6) is 0 Å². The van der Waals surface area contributed by atoms with Gasteiger partial charge in [-0.1, -0.05) is 0 Å². The topological polar surface area (TPSA) is 95.8 Å². The Labute approximate surface area is 130 Å². The highest BCUT2D eigenvalue weighted by atomic mass is 19.4. The first-order valence-corrected chi connectivity index (χ1v) is 7.06. The van der Waals surface area contributed by atoms with Crippen molar-refractivity contribution in [3.05, 3.63) is 17.8 Å². The van der Waals surface area contributed by atoms with Crippen LogP contribution in [0, 0.1) is 0 Å². The van der Waals surface area contributed by atoms with Crippen molar-refractivity contribution in [2.45, 2.75) is 18.6 Å². The van der Waals surface area contributed by atoms with Gasteiger partial charge >= 0.3 is 6.18 Å². The van der Waals surface area contributed by atoms with Crippen LogP contribution in [0.15, 0.2) is 12.1 Å². The molecule has 1 fully saturated rings. The van der Waals surface area contributed by atoms with Gasteiger partial charge in [0.25, 0.3) is 0 Å². The van der Waals surface area contributed by atoms with E-state index in [1.807, 2.05) is 17.0 Å². The van der Waals surface area contributed by atoms with E-state index in [1.165, 1.54) is 0 Å². The minimum atomic E-state index is -4.48. The second-order valence-electron chi connectivity index (χ2n) is 5.35. The summed E-state index contributed by atoms with van der Waals surface area (Å²) in [6.45, 7) is 1.54. The first kappa shape index (κ1) is 15.5. The fraction of sp³-hybridized carbons (Fsp3) is 0.462. The van der Waals surface area contributed by atoms with E-state index in [1.54, 1.807) is 6.07 Å². The number of nitrogens with zero attached hydrogens (tertiary/aromatic N) is 4. The average molecular weight is 327 g/mol. The van der Waals surface area contributed by atoms with Gasteiger partial charge in [-0.15, -0.1) is 0 Å². The van der Waals surface area contributed by atoms with E-state index in [9.17, 15) is 13.2 Å². The third kappa shape index (κ3) is 3.21. The van der Waals surface area contributed by atoms with Gasteiger partial charge in [-0.2, -0.15) is 23.3 Å². The first-order valence-electron chi connectivity index (χ1n) is 7.06. The molecule has 1 aliphatic rings. The molecule has 0 aromatic carbocycles. The van der Waals surface area contributed by atoms with Gasteiger partial charge in [-0.3, -0.25) is 5.10 Å². The van der Waals surface area contributed by atoms with Crippen LogP contribution in [-0.4, -0.2) is 46.3 Å². The summed E-state index contributed by atoms with van der Waals surface area (Å²) < 4.78 is 38.0. The molecule has 10 heteroatoms. The Morgan fingerprint density at radius 3 is 2.70 bits per heavy atom. The molecule has 1 atom stereocenters. The molecular weight excluding hydrogens is 311 g/mol. The zero-order chi connectivity index (χ0) is 16.6. The molecule has 23 heavy (non-hydrogen) atoms. The number of hydrogen-bond acceptors (Lipinski definition) is 6. The number of nitrogens with one attached hydrogen (secondary N) is 2. The van der Waals surface area contributed by atoms with Crippen molar-refractivity contribution in [1.82, 2.24) is 25.5 Å². The minimum Gasteiger partial charge on any atom is -0.368 e. The van der Waals surface area contributed by atoms with Gasteiger partial charge in [-0.05, 0) is 19.5 Å². The van der Waals surface area contributed by atoms with E-state index in [0.717, 1.165) is 25.6 Å². The second kappa shape index (κ2) is 5.69. The minimum absolute atomic E-state index is 0.00182. The third-order valence-corrected chi connectivity index (χ3v) is 3.80. The number of aromatic amines is 1. The summed E-state index contributed by atoms with van der Waals surface area (Å²) in [7, 11) is 1.89. The molecule has 1 aliphatic heterocycles. The van der Waals surface area contributed by atoms with Crippen LogP contribution in [0.4, 0.5) is 24.9 Å². The molecule has 3 heterocycles. The van der Waals surface area contributed by atoms with Crippen molar-refractivity contribution in [2.24, 2.45) is 0 Å². The van der Waals surface area contributed by atoms with E-state index in [0.29, 0.717) is 11.9 Å². The monoisotopic (exact) mass is 327 g/mol. The van der Waals surface area contributed by atoms with Crippen molar-refractivity contribution in [3.8, 4) is 11.4 Å². The molecule has 0 bridgehead atoms. The van der Waals surface area contributed by atoms with E-state index < -0.39 is 11.9 Å². The molecule has 3 rings (SSSR count). The molecular formula is C13H16F3N7. The number of nitrogen functional groups attached to an aromatic ring is 1. The zero-order valence-corrected chi connectivity index (χ0v) is 12.4. The number of anilines is 2. The fourth-order valence-corrected chi connectivity index (χ4v) is 2.55. The van der Waals surface area contributed by atoms with Gasteiger partial charge in [0.15, 0.2) is 0 Å². The lowest BCUT2D eigenvalue weighted by Crippen LogP contribution is -2.30. The van der Waals surface area contributed by atoms with Crippen molar-refractivity contribution < 1.29 is 13.2 Å². The number of rotatable bonds is 3. The normalized spacial score (nSPS) is 18.6. The van der Waals surface area contributed by atoms with Crippen LogP contribution in [0.25, 0.3) is 11.4 Å². The predicted octanol–water partition coefficient (Wildman–Crippen LogP) is 1.27. The lowest BCUT2D eigenvalue weighted by molar-refractivity contribution is -0.141. The van der Waals surface area contributed by atoms with Gasteiger partial charge in [0.2, 0.25) is 5.95 Å². The van der Waals surface area contributed by atoms with Crippen molar-refractivity contribution in [1.29, 1.82) is 0 Å². The molecule has 124 valence electrons. The number of H-pyrrole nitrogens is 1. The fourth-order valence-electron chi connectivity index (χ4n) is 2.55. The molecule has 0 amide bonds. The number of hydrogen-bond donors (Lipinski definition) is 3. The molecule has 0 unspecified atom stereocenters. The van der Waals surface area contributed by atoms with E-state index >= 15 is 0 Å². The summed E-state index contributed by atoms with van der Waals surface area (Å²) >= 11 is 0. The third-order valence-electron chi connectivity index (χ3n) is 3.80. The van der Waals surface area contributed by atoms with Crippen LogP contribution in [-0.2, 0) is 6.18 Å². The number of halogens is 3. The maximum absolute atomic E-state index is 12.7. The van der Waals surface area contributed by atoms with E-state index in [4.69, 9.17) is 5.73 Å². The number of likely N-dealkylation sites (N-methyl/N-ethyl adjacent to an activating group) is 1. The standard InChI is InChI=1S/C13H16F3N7/c1-18-7-2-3-23(6-7)11-5-8(19-12(17)20-11)9-4-10(22-21-9)13(14,15)16/h4-5,7,18H,2-3,6H2,1H3,(H,21,22)(H2,17,19,20)/t7-/m1/s1. The highest BCUT2D eigenvalue weighted by Gasteiger charge is 2.33. The van der Waals surface area contributed by atoms with E-state index in [2.05, 4.69) is 20.4 Å². The molecule has 0 saturated carbocycles. The Morgan fingerprint density at radius 2 is 2.09 bits per heavy atom. The van der Waals surface area contributed by atoms with Gasteiger partial charge in [-0.25, -0.2) is 4.98 Å². The Balaban J connectivity index is 1.90. The lowest BCUT2D eigenvalue weighted by Gasteiger charge is -2.18. The summed E-state index contributed by atoms with van der Waals surface area (Å²) in [6.07, 6.45) is -3.53. The van der Waals surface area contributed by atoms with Gasteiger partial charge < -0.3 is 16.0 Å². The maximum Gasteiger partial charge on any atom is 0.432 e. The summed E-state index contributed by atoms with van der Waals surface area (Å²) in [5.74, 6) is 0.587. The average Bonchev–Trinajstić information content (AvgIpc) is 3.15. The Morgan fingerprint density at radius 1 is 1.30 bits per heavy atom. The quantitative estimate of drug-likeness (QED) is 0.786. The van der Waals surface area contributed by atoms with Crippen LogP contribution >= 0.6 is 0 Å². The first-order chi connectivity index (χ1) is 10.9. The summed E-state index contributed by atoms with van der Waals surface area (Å²) in [4.78, 5) is 10.2. The van der Waals surface area contributed by atoms with Crippen LogP contribution in [0.3, 0.4) is 0 Å². The van der Waals surface area contributed by atoms with Crippen LogP contribution in [0.2, 0.25) is 0 Å². The Hall–Kier alpha value is -2.36. The molecule has 0 radical (unpaired) electrons. The Kier molecular flexibility index (Phi) is 3.84. The highest BCUT2D eigenvalue weighted by Crippen LogP contribution is 2.31. The Bertz CT molecular complexity index is 697. The van der Waals surface area contributed by atoms with Crippen molar-refractivity contribution >= 4 is 11.8 Å². The van der Waals surface area contributed by atoms with Crippen molar-refractivity contribution in [3.63, 3.8) is 0 Å². The SMILES string of the molecule is CN[C@@H]1CCN(c2cc(-c3cc(C(F)(F)F)[nH]n3)nc(N)n2)C1. The number of alkyl halides is 3. The molecule has 2 aromatic rings. The van der Waals surface area contributed by atoms with Crippen LogP contribution in [0.1, 0.15) is 12.1 Å². The zero-order valence-electron chi connectivity index (χ0n) is 12.4. The molecule has 4 N–H and O–H groups in total. The largest absolute Gasteiger partial charge is 0.432 e. The van der Waals surface area contributed by atoms with Crippen LogP contribution < -0.4 is 16.0 Å². The molecule has 1 saturated heterocycles. The number of nitrogens with two attached hydrogens (primary N) is 1. The second-order valence-corrected chi connectivity index (χ2v) is 5.35. The summed E-state index contributed by atoms with van der Waals surface area (Å²) in [6, 6.07) is 2.85. The highest BCUT2D eigenvalue weighted by molar-refractivity contribution is 5.61. The van der Waals surface area contributed by atoms with Gasteiger partial charge in [0, 0.05) is 25.2 Å². The summed E-state index contributed by atoms with van der Waals surface area (Å²) in [5, 5.41) is 8.83. The summed E-state index contributed by atoms with van der Waals surface area (Å²) in [5.41, 5.74) is 5.11. The maximum atomic E-state index is 12.7. The molecule has 2 aromatic heterocycles. The lowest BCUT2D eigenvalue weighted by atomic mass is 10.2. The molecule has 0 spiro atoms. The predicted molar refractivity (Wildman–Crippen MR) is 78.7 cm³/mol. The van der Waals surface area contributed by atoms with E-state index in [-0.39, 0.29) is 17.3 Å². The molecule has 0 aliphatic carbocycles. The van der Waals surface area contributed by atoms with Crippen molar-refractivity contribution in [2.75, 3.05) is 30.8 Å². The van der Waals surface area contributed by atoms with Gasteiger partial charge in [0.05, 0.1) is 5.69 Å². The van der Waals surface area contributed by atoms with Gasteiger partial charge in [0.1, 0.15) is 17.2 Å².